The number of rotatable bonds is 2. The van der Waals surface area contributed by atoms with Crippen molar-refractivity contribution >= 4 is 29.0 Å². The van der Waals surface area contributed by atoms with Gasteiger partial charge in [-0.05, 0) is 38.0 Å². The molecule has 6 nitrogen and oxygen atoms in total. The number of amides is 1. The molecular formula is C19H16ClN5O. The number of carbonyl (C=O) groups is 1. The third-order valence-corrected chi connectivity index (χ3v) is 4.77. The number of carbonyl (C=O) groups excluding carboxylic acids is 1. The Labute approximate surface area is 155 Å². The Morgan fingerprint density at radius 3 is 2.46 bits per heavy atom. The van der Waals surface area contributed by atoms with Gasteiger partial charge in [0, 0.05) is 18.0 Å². The molecule has 0 aliphatic carbocycles. The first-order valence-corrected chi connectivity index (χ1v) is 8.51. The smallest absolute Gasteiger partial charge is 0.242 e. The maximum Gasteiger partial charge on any atom is 0.242 e. The summed E-state index contributed by atoms with van der Waals surface area (Å²) in [5.41, 5.74) is 2.85. The molecule has 1 aromatic carbocycles. The predicted molar refractivity (Wildman–Crippen MR) is 99.4 cm³/mol. The average molecular weight is 366 g/mol. The van der Waals surface area contributed by atoms with E-state index in [1.165, 1.54) is 12.4 Å². The molecule has 0 spiro atoms. The van der Waals surface area contributed by atoms with E-state index in [1.807, 2.05) is 39.0 Å². The van der Waals surface area contributed by atoms with Crippen molar-refractivity contribution in [3.05, 3.63) is 59.5 Å². The lowest BCUT2D eigenvalue weighted by atomic mass is 9.85. The number of fused-ring (bicyclic) bond motifs is 1. The van der Waals surface area contributed by atoms with E-state index in [2.05, 4.69) is 19.9 Å². The first-order chi connectivity index (χ1) is 12.4. The molecule has 26 heavy (non-hydrogen) atoms. The first kappa shape index (κ1) is 16.6. The van der Waals surface area contributed by atoms with E-state index in [-0.39, 0.29) is 11.1 Å². The maximum absolute atomic E-state index is 13.1. The van der Waals surface area contributed by atoms with Crippen LogP contribution in [0.1, 0.15) is 25.2 Å². The number of aryl methyl sites for hydroxylation is 1. The van der Waals surface area contributed by atoms with Gasteiger partial charge in [0.05, 0.1) is 23.5 Å². The zero-order valence-electron chi connectivity index (χ0n) is 14.6. The highest BCUT2D eigenvalue weighted by molar-refractivity contribution is 6.29. The molecule has 1 aliphatic rings. The third kappa shape index (κ3) is 2.54. The van der Waals surface area contributed by atoms with Gasteiger partial charge in [-0.2, -0.15) is 0 Å². The molecule has 7 heteroatoms. The van der Waals surface area contributed by atoms with Crippen LogP contribution in [0.25, 0.3) is 11.1 Å². The van der Waals surface area contributed by atoms with Gasteiger partial charge in [0.25, 0.3) is 0 Å². The fourth-order valence-corrected chi connectivity index (χ4v) is 3.28. The third-order valence-electron chi connectivity index (χ3n) is 4.59. The topological polar surface area (TPSA) is 71.9 Å². The second kappa shape index (κ2) is 5.85. The summed E-state index contributed by atoms with van der Waals surface area (Å²) < 4.78 is 0. The molecule has 0 fully saturated rings. The molecule has 2 aromatic heterocycles. The highest BCUT2D eigenvalue weighted by Gasteiger charge is 2.45. The Bertz CT molecular complexity index is 1020. The van der Waals surface area contributed by atoms with Crippen LogP contribution in [0, 0.1) is 6.92 Å². The van der Waals surface area contributed by atoms with Gasteiger partial charge in [-0.3, -0.25) is 14.7 Å². The summed E-state index contributed by atoms with van der Waals surface area (Å²) in [5, 5.41) is 0.240. The van der Waals surface area contributed by atoms with E-state index >= 15 is 0 Å². The van der Waals surface area contributed by atoms with Crippen LogP contribution in [0.2, 0.25) is 5.15 Å². The normalized spacial score (nSPS) is 15.2. The summed E-state index contributed by atoms with van der Waals surface area (Å²) in [6.45, 7) is 5.65. The number of hydrogen-bond donors (Lipinski definition) is 0. The standard InChI is InChI=1S/C19H16ClN5O/c1-11-22-7-13(8-23-11)12-4-5-14-15(6-12)25(18(26)19(14,2)3)17-10-21-9-16(20)24-17/h4-10H,1-3H3. The van der Waals surface area contributed by atoms with Crippen LogP contribution >= 0.6 is 11.6 Å². The van der Waals surface area contributed by atoms with E-state index in [1.54, 1.807) is 17.3 Å². The lowest BCUT2D eigenvalue weighted by Gasteiger charge is -2.19. The van der Waals surface area contributed by atoms with Crippen molar-refractivity contribution in [1.82, 2.24) is 19.9 Å². The minimum absolute atomic E-state index is 0.0682. The van der Waals surface area contributed by atoms with Crippen molar-refractivity contribution in [3.8, 4) is 11.1 Å². The number of benzene rings is 1. The Kier molecular flexibility index (Phi) is 3.73. The van der Waals surface area contributed by atoms with E-state index in [0.717, 1.165) is 22.4 Å². The Morgan fingerprint density at radius 2 is 1.77 bits per heavy atom. The van der Waals surface area contributed by atoms with Gasteiger partial charge < -0.3 is 0 Å². The fraction of sp³-hybridized carbons (Fsp3) is 0.211. The summed E-state index contributed by atoms with van der Waals surface area (Å²) >= 11 is 5.98. The molecule has 0 unspecified atom stereocenters. The second-order valence-electron chi connectivity index (χ2n) is 6.72. The quantitative estimate of drug-likeness (QED) is 0.689. The molecule has 0 radical (unpaired) electrons. The summed E-state index contributed by atoms with van der Waals surface area (Å²) in [4.78, 5) is 31.5. The van der Waals surface area contributed by atoms with Crippen molar-refractivity contribution in [1.29, 1.82) is 0 Å². The zero-order valence-corrected chi connectivity index (χ0v) is 15.3. The van der Waals surface area contributed by atoms with Gasteiger partial charge in [0.1, 0.15) is 11.0 Å². The fourth-order valence-electron chi connectivity index (χ4n) is 3.14. The monoisotopic (exact) mass is 365 g/mol. The minimum Gasteiger partial charge on any atom is -0.273 e. The van der Waals surface area contributed by atoms with Crippen LogP contribution in [-0.2, 0) is 10.2 Å². The largest absolute Gasteiger partial charge is 0.273 e. The van der Waals surface area contributed by atoms with Gasteiger partial charge in [-0.25, -0.2) is 15.0 Å². The molecule has 4 rings (SSSR count). The van der Waals surface area contributed by atoms with Gasteiger partial charge in [0.2, 0.25) is 5.91 Å². The molecular weight excluding hydrogens is 350 g/mol. The highest BCUT2D eigenvalue weighted by Crippen LogP contribution is 2.46. The molecule has 0 bridgehead atoms. The summed E-state index contributed by atoms with van der Waals surface area (Å²) in [6.07, 6.45) is 6.53. The van der Waals surface area contributed by atoms with E-state index in [4.69, 9.17) is 11.6 Å². The Balaban J connectivity index is 1.89. The average Bonchev–Trinajstić information content (AvgIpc) is 2.81. The molecule has 3 aromatic rings. The molecule has 0 atom stereocenters. The summed E-state index contributed by atoms with van der Waals surface area (Å²) in [6, 6.07) is 5.91. The maximum atomic E-state index is 13.1. The van der Waals surface area contributed by atoms with Crippen LogP contribution in [0.4, 0.5) is 11.5 Å². The Morgan fingerprint density at radius 1 is 1.04 bits per heavy atom. The van der Waals surface area contributed by atoms with Gasteiger partial charge in [-0.15, -0.1) is 0 Å². The number of aromatic nitrogens is 4. The second-order valence-corrected chi connectivity index (χ2v) is 7.10. The predicted octanol–water partition coefficient (Wildman–Crippen LogP) is 3.85. The molecule has 1 amide bonds. The highest BCUT2D eigenvalue weighted by atomic mass is 35.5. The van der Waals surface area contributed by atoms with E-state index in [0.29, 0.717) is 11.6 Å². The molecule has 0 N–H and O–H groups in total. The first-order valence-electron chi connectivity index (χ1n) is 8.13. The lowest BCUT2D eigenvalue weighted by molar-refractivity contribution is -0.121. The van der Waals surface area contributed by atoms with Crippen molar-refractivity contribution in [2.45, 2.75) is 26.2 Å². The zero-order chi connectivity index (χ0) is 18.5. The van der Waals surface area contributed by atoms with E-state index in [9.17, 15) is 4.79 Å². The van der Waals surface area contributed by atoms with Crippen LogP contribution in [0.5, 0.6) is 0 Å². The number of nitrogens with zero attached hydrogens (tertiary/aromatic N) is 5. The summed E-state index contributed by atoms with van der Waals surface area (Å²) in [5.74, 6) is 1.05. The molecule has 0 saturated heterocycles. The van der Waals surface area contributed by atoms with Crippen molar-refractivity contribution in [2.75, 3.05) is 4.90 Å². The molecule has 1 aliphatic heterocycles. The van der Waals surface area contributed by atoms with Crippen molar-refractivity contribution < 1.29 is 4.79 Å². The summed E-state index contributed by atoms with van der Waals surface area (Å²) in [7, 11) is 0. The van der Waals surface area contributed by atoms with Crippen LogP contribution in [0.15, 0.2) is 43.0 Å². The number of anilines is 2. The van der Waals surface area contributed by atoms with Gasteiger partial charge in [0.15, 0.2) is 5.82 Å². The van der Waals surface area contributed by atoms with Crippen molar-refractivity contribution in [3.63, 3.8) is 0 Å². The van der Waals surface area contributed by atoms with Crippen LogP contribution in [-0.4, -0.2) is 25.8 Å². The van der Waals surface area contributed by atoms with Gasteiger partial charge in [-0.1, -0.05) is 23.7 Å². The lowest BCUT2D eigenvalue weighted by Crippen LogP contribution is -2.33. The number of halogens is 1. The van der Waals surface area contributed by atoms with Crippen LogP contribution < -0.4 is 4.90 Å². The van der Waals surface area contributed by atoms with Crippen molar-refractivity contribution in [2.24, 2.45) is 0 Å². The van der Waals surface area contributed by atoms with E-state index < -0.39 is 5.41 Å². The van der Waals surface area contributed by atoms with Crippen LogP contribution in [0.3, 0.4) is 0 Å². The minimum atomic E-state index is -0.665. The van der Waals surface area contributed by atoms with Gasteiger partial charge >= 0.3 is 0 Å². The number of hydrogen-bond acceptors (Lipinski definition) is 5. The molecule has 0 saturated carbocycles. The Hall–Kier alpha value is -2.86. The molecule has 130 valence electrons. The molecule has 3 heterocycles. The SMILES string of the molecule is Cc1ncc(-c2ccc3c(c2)N(c2cncc(Cl)n2)C(=O)C3(C)C)cn1.